The van der Waals surface area contributed by atoms with Crippen LogP contribution in [0.25, 0.3) is 16.7 Å². The molecular weight excluding hydrogens is 323 g/mol. The third-order valence-corrected chi connectivity index (χ3v) is 4.67. The van der Waals surface area contributed by atoms with Crippen LogP contribution in [0.3, 0.4) is 0 Å². The average molecular weight is 345 g/mol. The van der Waals surface area contributed by atoms with Gasteiger partial charge < -0.3 is 5.32 Å². The predicted molar refractivity (Wildman–Crippen MR) is 113 cm³/mol. The Morgan fingerprint density at radius 1 is 1.23 bits per heavy atom. The van der Waals surface area contributed by atoms with Crippen molar-refractivity contribution in [2.24, 2.45) is 0 Å². The van der Waals surface area contributed by atoms with Gasteiger partial charge in [0.25, 0.3) is 5.56 Å². The van der Waals surface area contributed by atoms with Gasteiger partial charge in [0, 0.05) is 6.20 Å². The van der Waals surface area contributed by atoms with E-state index in [9.17, 15) is 4.79 Å². The van der Waals surface area contributed by atoms with Crippen molar-refractivity contribution in [2.45, 2.75) is 37.8 Å². The molecule has 0 aliphatic heterocycles. The smallest absolute Gasteiger partial charge is 0.263 e. The van der Waals surface area contributed by atoms with Crippen LogP contribution in [0.5, 0.6) is 0 Å². The van der Waals surface area contributed by atoms with Crippen molar-refractivity contribution >= 4 is 40.5 Å². The molecule has 0 saturated heterocycles. The second kappa shape index (κ2) is 5.79. The quantitative estimate of drug-likeness (QED) is 0.627. The second-order valence-corrected chi connectivity index (χ2v) is 8.38. The van der Waals surface area contributed by atoms with Crippen molar-refractivity contribution in [3.8, 4) is 5.69 Å². The Bertz CT molecular complexity index is 1040. The van der Waals surface area contributed by atoms with Crippen LogP contribution in [-0.2, 0) is 0 Å². The fraction of sp³-hybridized carbons (Fsp3) is 0.353. The molecule has 4 rings (SSSR count). The predicted octanol–water partition coefficient (Wildman–Crippen LogP) is -0.474. The third-order valence-electron chi connectivity index (χ3n) is 4.67. The number of aromatic amines is 1. The van der Waals surface area contributed by atoms with E-state index in [2.05, 4.69) is 46.4 Å². The van der Waals surface area contributed by atoms with Gasteiger partial charge in [0.2, 0.25) is 5.95 Å². The van der Waals surface area contributed by atoms with Gasteiger partial charge in [-0.25, -0.2) is 4.68 Å². The third kappa shape index (κ3) is 3.18. The Labute approximate surface area is 155 Å². The van der Waals surface area contributed by atoms with Gasteiger partial charge in [0.1, 0.15) is 28.9 Å². The lowest BCUT2D eigenvalue weighted by Crippen LogP contribution is -2.41. The van der Waals surface area contributed by atoms with E-state index in [1.54, 1.807) is 10.9 Å². The molecule has 0 radical (unpaired) electrons. The van der Waals surface area contributed by atoms with E-state index in [0.717, 1.165) is 5.69 Å². The van der Waals surface area contributed by atoms with E-state index >= 15 is 0 Å². The maximum atomic E-state index is 12.5. The minimum Gasteiger partial charge on any atom is -0.373 e. The average Bonchev–Trinajstić information content (AvgIpc) is 3.26. The van der Waals surface area contributed by atoms with Gasteiger partial charge >= 0.3 is 0 Å². The van der Waals surface area contributed by atoms with E-state index in [4.69, 9.17) is 0 Å². The molecule has 1 fully saturated rings. The van der Waals surface area contributed by atoms with E-state index < -0.39 is 0 Å². The molecule has 2 aromatic heterocycles. The van der Waals surface area contributed by atoms with Crippen molar-refractivity contribution < 1.29 is 0 Å². The second-order valence-electron chi connectivity index (χ2n) is 8.38. The molecular formula is C17H22B3N5O. The van der Waals surface area contributed by atoms with Crippen LogP contribution < -0.4 is 10.9 Å². The first-order valence-electron chi connectivity index (χ1n) is 9.11. The molecule has 26 heavy (non-hydrogen) atoms. The van der Waals surface area contributed by atoms with Crippen LogP contribution in [0.2, 0.25) is 0 Å². The summed E-state index contributed by atoms with van der Waals surface area (Å²) in [6, 6.07) is 4.49. The lowest BCUT2D eigenvalue weighted by atomic mass is 9.49. The SMILES string of the molecule is BC(B)(B)Nc1nc2nn(-c3c(C)cc(C4CC4)cc3C)cc2c(=O)[nH]1. The summed E-state index contributed by atoms with van der Waals surface area (Å²) >= 11 is 0. The molecule has 0 atom stereocenters. The standard InChI is InChI=1S/C17H22B3N5O/c1-8-5-11(10-3-4-10)6-9(2)13(8)25-7-12-14(24-25)21-16(22-15(12)26)23-17(18,19)20/h5-7,10H,3-4,18-20H2,1-2H3,(H2,21,22,23,24,26). The van der Waals surface area contributed by atoms with Gasteiger partial charge in [-0.05, 0) is 54.5 Å². The van der Waals surface area contributed by atoms with Crippen molar-refractivity contribution in [1.29, 1.82) is 0 Å². The topological polar surface area (TPSA) is 75.6 Å². The lowest BCUT2D eigenvalue weighted by molar-refractivity contribution is 0.870. The summed E-state index contributed by atoms with van der Waals surface area (Å²) in [4.78, 5) is 19.7. The fourth-order valence-corrected chi connectivity index (χ4v) is 3.45. The number of anilines is 1. The normalized spacial score (nSPS) is 14.7. The molecule has 130 valence electrons. The number of nitrogens with one attached hydrogen (secondary N) is 2. The molecule has 3 aromatic rings. The fourth-order valence-electron chi connectivity index (χ4n) is 3.45. The Hall–Kier alpha value is -2.44. The van der Waals surface area contributed by atoms with Gasteiger partial charge in [-0.1, -0.05) is 12.1 Å². The van der Waals surface area contributed by atoms with E-state index in [1.807, 2.05) is 23.5 Å². The number of fused-ring (bicyclic) bond motifs is 1. The largest absolute Gasteiger partial charge is 0.373 e. The Morgan fingerprint density at radius 2 is 1.88 bits per heavy atom. The summed E-state index contributed by atoms with van der Waals surface area (Å²) in [6.07, 6.45) is 4.34. The Balaban J connectivity index is 1.81. The van der Waals surface area contributed by atoms with Crippen LogP contribution in [0.15, 0.2) is 23.1 Å². The summed E-state index contributed by atoms with van der Waals surface area (Å²) in [5.74, 6) is 1.16. The highest BCUT2D eigenvalue weighted by molar-refractivity contribution is 6.60. The number of aromatic nitrogens is 4. The highest BCUT2D eigenvalue weighted by Gasteiger charge is 2.25. The van der Waals surface area contributed by atoms with Crippen molar-refractivity contribution in [3.05, 3.63) is 45.4 Å². The highest BCUT2D eigenvalue weighted by Crippen LogP contribution is 2.41. The number of hydrogen-bond acceptors (Lipinski definition) is 4. The van der Waals surface area contributed by atoms with Gasteiger partial charge in [-0.2, -0.15) is 4.98 Å². The minimum absolute atomic E-state index is 0.182. The summed E-state index contributed by atoms with van der Waals surface area (Å²) in [7, 11) is 6.05. The van der Waals surface area contributed by atoms with E-state index in [1.165, 1.54) is 29.5 Å². The molecule has 1 aromatic carbocycles. The Morgan fingerprint density at radius 3 is 2.46 bits per heavy atom. The number of nitrogens with zero attached hydrogens (tertiary/aromatic N) is 3. The molecule has 1 aliphatic carbocycles. The lowest BCUT2D eigenvalue weighted by Gasteiger charge is -2.20. The zero-order valence-electron chi connectivity index (χ0n) is 16.0. The first-order valence-corrected chi connectivity index (χ1v) is 9.11. The van der Waals surface area contributed by atoms with Crippen molar-refractivity contribution in [3.63, 3.8) is 0 Å². The molecule has 2 heterocycles. The van der Waals surface area contributed by atoms with Crippen LogP contribution >= 0.6 is 0 Å². The molecule has 0 amide bonds. The summed E-state index contributed by atoms with van der Waals surface area (Å²) in [5.41, 5.74) is 5.04. The summed E-state index contributed by atoms with van der Waals surface area (Å²) in [6.45, 7) is 4.20. The highest BCUT2D eigenvalue weighted by atomic mass is 16.1. The van der Waals surface area contributed by atoms with E-state index in [0.29, 0.717) is 22.9 Å². The number of hydrogen-bond donors (Lipinski definition) is 2. The van der Waals surface area contributed by atoms with E-state index in [-0.39, 0.29) is 10.8 Å². The molecule has 6 nitrogen and oxygen atoms in total. The summed E-state index contributed by atoms with van der Waals surface area (Å²) < 4.78 is 1.79. The maximum absolute atomic E-state index is 12.5. The first kappa shape index (κ1) is 17.0. The zero-order chi connectivity index (χ0) is 18.6. The van der Waals surface area contributed by atoms with Gasteiger partial charge in [-0.3, -0.25) is 9.78 Å². The number of benzene rings is 1. The number of aryl methyl sites for hydroxylation is 2. The Kier molecular flexibility index (Phi) is 3.79. The molecule has 1 aliphatic rings. The number of H-pyrrole nitrogens is 1. The first-order chi connectivity index (χ1) is 12.2. The monoisotopic (exact) mass is 345 g/mol. The van der Waals surface area contributed by atoms with Crippen LogP contribution in [0, 0.1) is 13.8 Å². The van der Waals surface area contributed by atoms with Gasteiger partial charge in [0.15, 0.2) is 5.65 Å². The van der Waals surface area contributed by atoms with Crippen LogP contribution in [0.1, 0.15) is 35.4 Å². The molecule has 0 spiro atoms. The van der Waals surface area contributed by atoms with Crippen LogP contribution in [-0.4, -0.2) is 48.5 Å². The minimum atomic E-state index is -0.196. The molecule has 0 unspecified atom stereocenters. The van der Waals surface area contributed by atoms with Gasteiger partial charge in [0.05, 0.1) is 5.69 Å². The number of rotatable bonds is 4. The van der Waals surface area contributed by atoms with Crippen LogP contribution in [0.4, 0.5) is 5.95 Å². The van der Waals surface area contributed by atoms with Crippen molar-refractivity contribution in [1.82, 2.24) is 19.7 Å². The summed E-state index contributed by atoms with van der Waals surface area (Å²) in [5, 5.41) is 8.09. The maximum Gasteiger partial charge on any atom is 0.263 e. The van der Waals surface area contributed by atoms with Crippen molar-refractivity contribution in [2.75, 3.05) is 5.32 Å². The zero-order valence-corrected chi connectivity index (χ0v) is 16.0. The molecule has 2 N–H and O–H groups in total. The molecule has 9 heteroatoms. The molecule has 0 bridgehead atoms. The van der Waals surface area contributed by atoms with Gasteiger partial charge in [-0.15, -0.1) is 5.10 Å². The molecule has 1 saturated carbocycles.